The standard InChI is InChI=1S/C19H18Cl2N4S/c1-12-6-3-4-9-17(12)22-19(26)23-18-10-13(2)25(24-18)11-14-15(20)7-5-8-16(14)21/h3-10H,11H2,1-2H3,(H2,22,23,24,26). The van der Waals surface area contributed by atoms with Crippen LogP contribution in [0.5, 0.6) is 0 Å². The molecular formula is C19H18Cl2N4S. The van der Waals surface area contributed by atoms with Crippen molar-refractivity contribution in [2.75, 3.05) is 10.6 Å². The topological polar surface area (TPSA) is 41.9 Å². The van der Waals surface area contributed by atoms with Crippen LogP contribution in [0.3, 0.4) is 0 Å². The van der Waals surface area contributed by atoms with E-state index in [9.17, 15) is 0 Å². The summed E-state index contributed by atoms with van der Waals surface area (Å²) in [6.07, 6.45) is 0. The van der Waals surface area contributed by atoms with Crippen LogP contribution in [0.4, 0.5) is 11.5 Å². The minimum absolute atomic E-state index is 0.486. The maximum absolute atomic E-state index is 6.26. The third-order valence-corrected chi connectivity index (χ3v) is 4.90. The molecule has 3 aromatic rings. The zero-order valence-electron chi connectivity index (χ0n) is 14.4. The molecule has 7 heteroatoms. The quantitative estimate of drug-likeness (QED) is 0.550. The number of halogens is 2. The van der Waals surface area contributed by atoms with Crippen LogP contribution < -0.4 is 10.6 Å². The molecule has 0 saturated carbocycles. The third-order valence-electron chi connectivity index (χ3n) is 3.99. The van der Waals surface area contributed by atoms with Gasteiger partial charge in [0.25, 0.3) is 0 Å². The summed E-state index contributed by atoms with van der Waals surface area (Å²) in [5.41, 5.74) is 3.90. The number of hydrogen-bond donors (Lipinski definition) is 2. The number of rotatable bonds is 4. The third kappa shape index (κ3) is 4.36. The first kappa shape index (κ1) is 18.7. The molecule has 3 rings (SSSR count). The lowest BCUT2D eigenvalue weighted by molar-refractivity contribution is 0.668. The van der Waals surface area contributed by atoms with E-state index in [1.54, 1.807) is 0 Å². The van der Waals surface area contributed by atoms with Gasteiger partial charge in [0.05, 0.1) is 6.54 Å². The number of hydrogen-bond acceptors (Lipinski definition) is 2. The number of aryl methyl sites for hydroxylation is 2. The monoisotopic (exact) mass is 404 g/mol. The van der Waals surface area contributed by atoms with Crippen molar-refractivity contribution in [3.8, 4) is 0 Å². The van der Waals surface area contributed by atoms with E-state index in [0.717, 1.165) is 22.5 Å². The number of para-hydroxylation sites is 1. The second kappa shape index (κ2) is 8.08. The average Bonchev–Trinajstić information content (AvgIpc) is 2.92. The highest BCUT2D eigenvalue weighted by Crippen LogP contribution is 2.26. The summed E-state index contributed by atoms with van der Waals surface area (Å²) in [5, 5.41) is 12.6. The van der Waals surface area contributed by atoms with Gasteiger partial charge in [-0.1, -0.05) is 47.5 Å². The SMILES string of the molecule is Cc1ccccc1NC(=S)Nc1cc(C)n(Cc2c(Cl)cccc2Cl)n1. The predicted octanol–water partition coefficient (Wildman–Crippen LogP) is 5.66. The Balaban J connectivity index is 1.72. The van der Waals surface area contributed by atoms with Crippen LogP contribution in [0.15, 0.2) is 48.5 Å². The summed E-state index contributed by atoms with van der Waals surface area (Å²) >= 11 is 17.9. The highest BCUT2D eigenvalue weighted by Gasteiger charge is 2.11. The molecule has 0 radical (unpaired) electrons. The Bertz CT molecular complexity index is 932. The predicted molar refractivity (Wildman–Crippen MR) is 114 cm³/mol. The fraction of sp³-hybridized carbons (Fsp3) is 0.158. The number of thiocarbonyl (C=S) groups is 1. The molecular weight excluding hydrogens is 387 g/mol. The molecule has 0 bridgehead atoms. The van der Waals surface area contributed by atoms with E-state index in [1.165, 1.54) is 0 Å². The zero-order valence-corrected chi connectivity index (χ0v) is 16.7. The second-order valence-electron chi connectivity index (χ2n) is 5.92. The van der Waals surface area contributed by atoms with Gasteiger partial charge in [-0.25, -0.2) is 0 Å². The van der Waals surface area contributed by atoms with Crippen LogP contribution >= 0.6 is 35.4 Å². The van der Waals surface area contributed by atoms with E-state index in [0.29, 0.717) is 27.5 Å². The van der Waals surface area contributed by atoms with Crippen molar-refractivity contribution in [2.45, 2.75) is 20.4 Å². The number of aromatic nitrogens is 2. The van der Waals surface area contributed by atoms with Crippen molar-refractivity contribution in [3.05, 3.63) is 75.4 Å². The van der Waals surface area contributed by atoms with Crippen LogP contribution in [0.25, 0.3) is 0 Å². The Morgan fingerprint density at radius 3 is 2.42 bits per heavy atom. The van der Waals surface area contributed by atoms with Crippen molar-refractivity contribution < 1.29 is 0 Å². The van der Waals surface area contributed by atoms with Crippen molar-refractivity contribution in [2.24, 2.45) is 0 Å². The van der Waals surface area contributed by atoms with E-state index >= 15 is 0 Å². The largest absolute Gasteiger partial charge is 0.332 e. The molecule has 26 heavy (non-hydrogen) atoms. The van der Waals surface area contributed by atoms with Gasteiger partial charge in [-0.2, -0.15) is 5.10 Å². The summed E-state index contributed by atoms with van der Waals surface area (Å²) in [5.74, 6) is 0.664. The highest BCUT2D eigenvalue weighted by atomic mass is 35.5. The summed E-state index contributed by atoms with van der Waals surface area (Å²) in [7, 11) is 0. The molecule has 0 fully saturated rings. The summed E-state index contributed by atoms with van der Waals surface area (Å²) in [6, 6.07) is 15.4. The smallest absolute Gasteiger partial charge is 0.176 e. The van der Waals surface area contributed by atoms with Crippen LogP contribution in [0.1, 0.15) is 16.8 Å². The van der Waals surface area contributed by atoms with Gasteiger partial charge < -0.3 is 10.6 Å². The van der Waals surface area contributed by atoms with Crippen LogP contribution in [-0.2, 0) is 6.54 Å². The fourth-order valence-corrected chi connectivity index (χ4v) is 3.28. The van der Waals surface area contributed by atoms with Gasteiger partial charge in [0.2, 0.25) is 0 Å². The number of nitrogens with zero attached hydrogens (tertiary/aromatic N) is 2. The highest BCUT2D eigenvalue weighted by molar-refractivity contribution is 7.80. The van der Waals surface area contributed by atoms with Crippen LogP contribution in [0, 0.1) is 13.8 Å². The molecule has 0 aliphatic rings. The molecule has 0 saturated heterocycles. The van der Waals surface area contributed by atoms with Gasteiger partial charge in [-0.3, -0.25) is 4.68 Å². The summed E-state index contributed by atoms with van der Waals surface area (Å²) in [6.45, 7) is 4.49. The lowest BCUT2D eigenvalue weighted by Gasteiger charge is -2.11. The second-order valence-corrected chi connectivity index (χ2v) is 7.15. The Labute approximate surface area is 168 Å². The van der Waals surface area contributed by atoms with E-state index < -0.39 is 0 Å². The van der Waals surface area contributed by atoms with Crippen LogP contribution in [0.2, 0.25) is 10.0 Å². The van der Waals surface area contributed by atoms with Gasteiger partial charge >= 0.3 is 0 Å². The Hall–Kier alpha value is -2.08. The normalized spacial score (nSPS) is 10.6. The molecule has 0 amide bonds. The molecule has 134 valence electrons. The molecule has 0 atom stereocenters. The van der Waals surface area contributed by atoms with Crippen molar-refractivity contribution in [3.63, 3.8) is 0 Å². The lowest BCUT2D eigenvalue weighted by Crippen LogP contribution is -2.20. The minimum atomic E-state index is 0.486. The molecule has 0 aliphatic carbocycles. The Morgan fingerprint density at radius 2 is 1.73 bits per heavy atom. The Kier molecular flexibility index (Phi) is 5.81. The van der Waals surface area contributed by atoms with Crippen LogP contribution in [-0.4, -0.2) is 14.9 Å². The van der Waals surface area contributed by atoms with Crippen molar-refractivity contribution in [1.82, 2.24) is 9.78 Å². The minimum Gasteiger partial charge on any atom is -0.332 e. The molecule has 1 aromatic heterocycles. The van der Waals surface area contributed by atoms with Gasteiger partial charge in [0.1, 0.15) is 0 Å². The number of nitrogens with one attached hydrogen (secondary N) is 2. The van der Waals surface area contributed by atoms with E-state index in [2.05, 4.69) is 15.7 Å². The maximum Gasteiger partial charge on any atom is 0.176 e. The van der Waals surface area contributed by atoms with E-state index in [-0.39, 0.29) is 0 Å². The van der Waals surface area contributed by atoms with Crippen molar-refractivity contribution >= 4 is 52.0 Å². The zero-order chi connectivity index (χ0) is 18.7. The Morgan fingerprint density at radius 1 is 1.04 bits per heavy atom. The number of benzene rings is 2. The fourth-order valence-electron chi connectivity index (χ4n) is 2.55. The molecule has 0 unspecified atom stereocenters. The molecule has 0 aliphatic heterocycles. The average molecular weight is 405 g/mol. The van der Waals surface area contributed by atoms with E-state index in [1.807, 2.05) is 67.1 Å². The van der Waals surface area contributed by atoms with Gasteiger partial charge in [0, 0.05) is 33.1 Å². The van der Waals surface area contributed by atoms with E-state index in [4.69, 9.17) is 35.4 Å². The summed E-state index contributed by atoms with van der Waals surface area (Å²) < 4.78 is 1.84. The van der Waals surface area contributed by atoms with Crippen molar-refractivity contribution in [1.29, 1.82) is 0 Å². The molecule has 2 N–H and O–H groups in total. The molecule has 4 nitrogen and oxygen atoms in total. The number of anilines is 2. The molecule has 1 heterocycles. The molecule has 0 spiro atoms. The maximum atomic E-state index is 6.26. The van der Waals surface area contributed by atoms with Gasteiger partial charge in [-0.15, -0.1) is 0 Å². The first-order valence-electron chi connectivity index (χ1n) is 8.05. The van der Waals surface area contributed by atoms with Gasteiger partial charge in [-0.05, 0) is 49.8 Å². The first-order valence-corrected chi connectivity index (χ1v) is 9.21. The lowest BCUT2D eigenvalue weighted by atomic mass is 10.2. The van der Waals surface area contributed by atoms with Gasteiger partial charge in [0.15, 0.2) is 10.9 Å². The summed E-state index contributed by atoms with van der Waals surface area (Å²) in [4.78, 5) is 0. The molecule has 2 aromatic carbocycles. The first-order chi connectivity index (χ1) is 12.4.